The number of H-pyrrole nitrogens is 1. The molecule has 22 heteroatoms. The largest absolute Gasteiger partial charge is 3.00 e. The number of non-ortho nitro benzene ring substituents is 2. The molecular formula is C28H22CrN10O10S+. The zero-order chi connectivity index (χ0) is 36.0. The molecule has 0 amide bonds. The Labute approximate surface area is 291 Å². The zero-order valence-electron chi connectivity index (χ0n) is 25.2. The number of aryl methyl sites for hydroxylation is 1. The SMILES string of the molecule is Cc1[nH]n(-c2ccccc2)c(=O)c1N=Nc1cc([N+](=O)[O-])ccc1[O-].Nc1cc(N)c(S(=O)(=O)O)cc1N=Nc1cc([N+](=O)[O-])ccc1[O-].[Cr+3]. The van der Waals surface area contributed by atoms with Gasteiger partial charge < -0.3 is 21.7 Å². The summed E-state index contributed by atoms with van der Waals surface area (Å²) in [7, 11) is -4.62. The van der Waals surface area contributed by atoms with Crippen LogP contribution in [-0.4, -0.2) is 32.6 Å². The maximum Gasteiger partial charge on any atom is 3.00 e. The van der Waals surface area contributed by atoms with Gasteiger partial charge in [-0.25, -0.2) is 4.68 Å². The fourth-order valence-corrected chi connectivity index (χ4v) is 4.55. The maximum atomic E-state index is 12.5. The number of nitro groups is 2. The first-order chi connectivity index (χ1) is 23.1. The van der Waals surface area contributed by atoms with E-state index in [0.29, 0.717) is 11.4 Å². The third-order valence-electron chi connectivity index (χ3n) is 6.32. The van der Waals surface area contributed by atoms with Crippen molar-refractivity contribution in [2.75, 3.05) is 11.5 Å². The van der Waals surface area contributed by atoms with Gasteiger partial charge in [-0.05, 0) is 31.2 Å². The molecule has 20 nitrogen and oxygen atoms in total. The minimum Gasteiger partial charge on any atom is -0.871 e. The first kappa shape index (κ1) is 38.0. The van der Waals surface area contributed by atoms with E-state index < -0.39 is 41.9 Å². The number of aromatic nitrogens is 2. The van der Waals surface area contributed by atoms with E-state index in [1.807, 2.05) is 6.07 Å². The maximum absolute atomic E-state index is 12.5. The Kier molecular flexibility index (Phi) is 11.9. The van der Waals surface area contributed by atoms with Crippen LogP contribution in [0, 0.1) is 27.2 Å². The molecule has 4 aromatic carbocycles. The van der Waals surface area contributed by atoms with Crippen LogP contribution in [0.15, 0.2) is 109 Å². The summed E-state index contributed by atoms with van der Waals surface area (Å²) >= 11 is 0. The molecule has 1 aromatic heterocycles. The Morgan fingerprint density at radius 2 is 1.26 bits per heavy atom. The van der Waals surface area contributed by atoms with Crippen molar-refractivity contribution in [1.29, 1.82) is 0 Å². The second kappa shape index (κ2) is 15.6. The number of anilines is 2. The topological polar surface area (TPSA) is 326 Å². The van der Waals surface area contributed by atoms with Gasteiger partial charge in [0.2, 0.25) is 0 Å². The van der Waals surface area contributed by atoms with Crippen molar-refractivity contribution in [1.82, 2.24) is 9.78 Å². The summed E-state index contributed by atoms with van der Waals surface area (Å²) < 4.78 is 32.8. The van der Waals surface area contributed by atoms with Crippen LogP contribution >= 0.6 is 0 Å². The average Bonchev–Trinajstić information content (AvgIpc) is 3.33. The van der Waals surface area contributed by atoms with E-state index in [9.17, 15) is 43.7 Å². The molecule has 0 saturated carbocycles. The van der Waals surface area contributed by atoms with Crippen molar-refractivity contribution < 1.29 is 50.4 Å². The third-order valence-corrected chi connectivity index (χ3v) is 7.23. The molecule has 0 unspecified atom stereocenters. The van der Waals surface area contributed by atoms with E-state index in [4.69, 9.17) is 16.0 Å². The van der Waals surface area contributed by atoms with Crippen molar-refractivity contribution in [3.8, 4) is 17.2 Å². The van der Waals surface area contributed by atoms with Gasteiger partial charge in [0, 0.05) is 24.3 Å². The van der Waals surface area contributed by atoms with Gasteiger partial charge in [-0.15, -0.1) is 10.2 Å². The van der Waals surface area contributed by atoms with E-state index in [1.54, 1.807) is 31.2 Å². The van der Waals surface area contributed by atoms with Crippen LogP contribution in [0.2, 0.25) is 0 Å². The molecule has 1 heterocycles. The minimum absolute atomic E-state index is 0. The molecule has 50 heavy (non-hydrogen) atoms. The van der Waals surface area contributed by atoms with Crippen molar-refractivity contribution >= 4 is 55.6 Å². The Morgan fingerprint density at radius 3 is 1.76 bits per heavy atom. The fraction of sp³-hybridized carbons (Fsp3) is 0.0357. The summed E-state index contributed by atoms with van der Waals surface area (Å²) in [6.07, 6.45) is 0. The molecule has 0 aliphatic carbocycles. The average molecular weight is 743 g/mol. The molecule has 0 fully saturated rings. The van der Waals surface area contributed by atoms with E-state index in [1.165, 1.54) is 4.68 Å². The number of hydrogen-bond acceptors (Lipinski definition) is 15. The molecule has 1 radical (unpaired) electrons. The number of para-hydroxylation sites is 1. The molecular weight excluding hydrogens is 720 g/mol. The molecule has 0 atom stereocenters. The number of benzene rings is 4. The van der Waals surface area contributed by atoms with Crippen molar-refractivity contribution in [2.45, 2.75) is 11.8 Å². The molecule has 0 saturated heterocycles. The zero-order valence-corrected chi connectivity index (χ0v) is 27.3. The van der Waals surface area contributed by atoms with Crippen molar-refractivity contribution in [3.05, 3.63) is 115 Å². The summed E-state index contributed by atoms with van der Waals surface area (Å²) in [5.41, 5.74) is 9.97. The van der Waals surface area contributed by atoms with Gasteiger partial charge in [-0.1, -0.05) is 41.8 Å². The number of nitrogens with one attached hydrogen (secondary N) is 1. The first-order valence-electron chi connectivity index (χ1n) is 13.3. The Bertz CT molecular complexity index is 2310. The smallest absolute Gasteiger partial charge is 0.871 e. The normalized spacial score (nSPS) is 11.2. The summed E-state index contributed by atoms with van der Waals surface area (Å²) in [6.45, 7) is 1.64. The molecule has 5 aromatic rings. The molecule has 0 bridgehead atoms. The van der Waals surface area contributed by atoms with Gasteiger partial charge in [0.25, 0.3) is 27.1 Å². The van der Waals surface area contributed by atoms with Gasteiger partial charge in [-0.3, -0.25) is 34.7 Å². The molecule has 6 N–H and O–H groups in total. The summed E-state index contributed by atoms with van der Waals surface area (Å²) in [4.78, 5) is 31.9. The van der Waals surface area contributed by atoms with Crippen LogP contribution < -0.4 is 27.2 Å². The van der Waals surface area contributed by atoms with Crippen LogP contribution in [0.25, 0.3) is 5.69 Å². The van der Waals surface area contributed by atoms with E-state index >= 15 is 0 Å². The molecule has 0 aliphatic heterocycles. The number of aromatic amines is 1. The monoisotopic (exact) mass is 742 g/mol. The van der Waals surface area contributed by atoms with Crippen LogP contribution in [0.3, 0.4) is 0 Å². The van der Waals surface area contributed by atoms with Crippen molar-refractivity contribution in [2.24, 2.45) is 20.5 Å². The van der Waals surface area contributed by atoms with Crippen LogP contribution in [0.5, 0.6) is 11.5 Å². The van der Waals surface area contributed by atoms with Gasteiger partial charge in [0.15, 0.2) is 5.69 Å². The molecule has 0 aliphatic rings. The molecule has 5 rings (SSSR count). The predicted octanol–water partition coefficient (Wildman–Crippen LogP) is 4.36. The quantitative estimate of drug-likeness (QED) is 0.0566. The van der Waals surface area contributed by atoms with E-state index in [0.717, 1.165) is 48.5 Å². The molecule has 0 spiro atoms. The molecule has 255 valence electrons. The number of azo groups is 2. The van der Waals surface area contributed by atoms with Crippen LogP contribution in [-0.2, 0) is 27.5 Å². The summed E-state index contributed by atoms with van der Waals surface area (Å²) in [6, 6.07) is 16.8. The number of nitrogen functional groups attached to an aromatic ring is 2. The van der Waals surface area contributed by atoms with E-state index in [2.05, 4.69) is 25.6 Å². The van der Waals surface area contributed by atoms with Gasteiger partial charge >= 0.3 is 17.4 Å². The minimum atomic E-state index is -4.62. The summed E-state index contributed by atoms with van der Waals surface area (Å²) in [5.74, 6) is -1.15. The van der Waals surface area contributed by atoms with E-state index in [-0.39, 0.29) is 62.9 Å². The second-order valence-electron chi connectivity index (χ2n) is 9.70. The Morgan fingerprint density at radius 1 is 0.760 bits per heavy atom. The van der Waals surface area contributed by atoms with Gasteiger partial charge in [-0.2, -0.15) is 18.6 Å². The standard InChI is InChI=1S/C16H13N5O4.C12H11N5O6S.Cr/c1-10-15(16(23)20(19-10)11-5-3-2-4-6-11)18-17-13-9-12(21(24)25)7-8-14(13)22;13-7-4-8(14)12(24(21,22)23)5-9(7)15-16-10-3-6(17(19)20)1-2-11(10)18;/h2-9,19,22H,1H3;1-5,18H,13-14H2,(H,21,22,23);/q;;+3/p-2. The fourth-order valence-electron chi connectivity index (χ4n) is 3.93. The van der Waals surface area contributed by atoms with Crippen molar-refractivity contribution in [3.63, 3.8) is 0 Å². The number of nitro benzene ring substituents is 2. The third kappa shape index (κ3) is 8.91. The Hall–Kier alpha value is -6.47. The number of nitrogens with zero attached hydrogens (tertiary/aromatic N) is 7. The first-order valence-corrected chi connectivity index (χ1v) is 14.8. The number of hydrogen-bond donors (Lipinski definition) is 4. The van der Waals surface area contributed by atoms with Crippen LogP contribution in [0.4, 0.5) is 45.5 Å². The number of rotatable bonds is 8. The van der Waals surface area contributed by atoms with Crippen LogP contribution in [0.1, 0.15) is 5.69 Å². The Balaban J connectivity index is 0.000000265. The predicted molar refractivity (Wildman–Crippen MR) is 170 cm³/mol. The number of nitrogens with two attached hydrogens (primary N) is 2. The van der Waals surface area contributed by atoms with Gasteiger partial charge in [0.05, 0.1) is 44.0 Å². The second-order valence-corrected chi connectivity index (χ2v) is 11.1. The summed E-state index contributed by atoms with van der Waals surface area (Å²) in [5, 5.41) is 62.4. The van der Waals surface area contributed by atoms with Gasteiger partial charge in [0.1, 0.15) is 10.6 Å².